The molecule has 0 aliphatic carbocycles. The first kappa shape index (κ1) is 24.5. The van der Waals surface area contributed by atoms with Crippen LogP contribution in [0.4, 0.5) is 8.78 Å². The third-order valence-electron chi connectivity index (χ3n) is 7.92. The Kier molecular flexibility index (Phi) is 6.08. The quantitative estimate of drug-likeness (QED) is 0.541. The fourth-order valence-electron chi connectivity index (χ4n) is 6.15. The molecule has 3 aliphatic heterocycles. The van der Waals surface area contributed by atoms with E-state index in [4.69, 9.17) is 16.3 Å². The first-order chi connectivity index (χ1) is 17.7. The number of fused-ring (bicyclic) bond motifs is 5. The van der Waals surface area contributed by atoms with Gasteiger partial charge in [0.2, 0.25) is 0 Å². The number of rotatable bonds is 5. The molecule has 3 aliphatic rings. The molecule has 6 rings (SSSR count). The molecule has 1 amide bonds. The Labute approximate surface area is 217 Å². The van der Waals surface area contributed by atoms with Crippen molar-refractivity contribution in [3.63, 3.8) is 0 Å². The zero-order valence-corrected chi connectivity index (χ0v) is 21.4. The number of aromatic nitrogens is 3. The zero-order valence-electron chi connectivity index (χ0n) is 20.6. The predicted octanol–water partition coefficient (Wildman–Crippen LogP) is 3.61. The van der Waals surface area contributed by atoms with Gasteiger partial charge in [-0.25, -0.2) is 18.3 Å². The highest BCUT2D eigenvalue weighted by molar-refractivity contribution is 6.31. The smallest absolute Gasteiger partial charge is 0.258 e. The summed E-state index contributed by atoms with van der Waals surface area (Å²) in [5, 5.41) is 14.5. The number of amides is 1. The number of carbonyl (C=O) groups is 1. The van der Waals surface area contributed by atoms with E-state index in [1.54, 1.807) is 9.42 Å². The second-order valence-corrected chi connectivity index (χ2v) is 10.6. The van der Waals surface area contributed by atoms with Crippen LogP contribution in [-0.4, -0.2) is 72.9 Å². The molecule has 1 N–H and O–H groups in total. The van der Waals surface area contributed by atoms with Gasteiger partial charge in [0.1, 0.15) is 23.8 Å². The van der Waals surface area contributed by atoms with E-state index in [1.165, 1.54) is 18.2 Å². The van der Waals surface area contributed by atoms with Crippen molar-refractivity contribution >= 4 is 23.2 Å². The van der Waals surface area contributed by atoms with E-state index in [9.17, 15) is 18.7 Å². The lowest BCUT2D eigenvalue weighted by Gasteiger charge is -2.38. The highest BCUT2D eigenvalue weighted by atomic mass is 35.5. The van der Waals surface area contributed by atoms with Crippen LogP contribution in [0.2, 0.25) is 5.02 Å². The summed E-state index contributed by atoms with van der Waals surface area (Å²) in [4.78, 5) is 21.8. The number of aliphatic hydroxyl groups excluding tert-OH is 1. The third-order valence-corrected chi connectivity index (χ3v) is 8.47. The summed E-state index contributed by atoms with van der Waals surface area (Å²) in [5.74, 6) is -0.640. The minimum Gasteiger partial charge on any atom is -0.489 e. The molecule has 2 fully saturated rings. The maximum absolute atomic E-state index is 14.6. The summed E-state index contributed by atoms with van der Waals surface area (Å²) in [5.41, 5.74) is 4.03. The van der Waals surface area contributed by atoms with Crippen molar-refractivity contribution in [2.45, 2.75) is 70.6 Å². The van der Waals surface area contributed by atoms with Gasteiger partial charge < -0.3 is 14.7 Å². The van der Waals surface area contributed by atoms with Crippen LogP contribution in [-0.2, 0) is 13.1 Å². The standard InChI is InChI=1S/C26H28ClF2N5O3/c1-13-24(27)14(2)34-25(30-13)19-11-32(12-21(19)31-34)26(36)18-4-3-15(28)7-23(18)37-17-8-16-9-20(29)22(10-17)33(16)5-6-35/h3-4,7,16-17,20,22,35H,5-6,8-12H2,1-2H3. The number of aliphatic hydroxyl groups is 1. The number of aryl methyl sites for hydroxylation is 2. The summed E-state index contributed by atoms with van der Waals surface area (Å²) in [6, 6.07) is 3.52. The second kappa shape index (κ2) is 9.18. The van der Waals surface area contributed by atoms with E-state index >= 15 is 0 Å². The van der Waals surface area contributed by atoms with Crippen LogP contribution in [0.25, 0.3) is 5.65 Å². The number of ether oxygens (including phenoxy) is 1. The van der Waals surface area contributed by atoms with E-state index < -0.39 is 12.0 Å². The van der Waals surface area contributed by atoms with E-state index in [1.807, 2.05) is 18.7 Å². The highest BCUT2D eigenvalue weighted by Gasteiger charge is 2.47. The monoisotopic (exact) mass is 531 g/mol. The number of nitrogens with zero attached hydrogens (tertiary/aromatic N) is 5. The van der Waals surface area contributed by atoms with Crippen molar-refractivity contribution in [3.05, 3.63) is 57.2 Å². The van der Waals surface area contributed by atoms with Gasteiger partial charge in [0.25, 0.3) is 5.91 Å². The Morgan fingerprint density at radius 3 is 2.81 bits per heavy atom. The summed E-state index contributed by atoms with van der Waals surface area (Å²) in [6.07, 6.45) is 0.0313. The molecule has 2 saturated heterocycles. The number of hydrogen-bond acceptors (Lipinski definition) is 6. The van der Waals surface area contributed by atoms with Crippen LogP contribution in [0, 0.1) is 19.7 Å². The lowest BCUT2D eigenvalue weighted by Crippen LogP contribution is -2.48. The van der Waals surface area contributed by atoms with Crippen LogP contribution in [0.3, 0.4) is 0 Å². The van der Waals surface area contributed by atoms with Crippen molar-refractivity contribution in [2.75, 3.05) is 13.2 Å². The molecular weight excluding hydrogens is 504 g/mol. The normalized spacial score (nSPS) is 25.2. The van der Waals surface area contributed by atoms with Gasteiger partial charge in [0.05, 0.1) is 47.4 Å². The van der Waals surface area contributed by atoms with Gasteiger partial charge in [0.15, 0.2) is 5.65 Å². The Morgan fingerprint density at radius 1 is 1.24 bits per heavy atom. The minimum absolute atomic E-state index is 0.0292. The fraction of sp³-hybridized carbons (Fsp3) is 0.500. The molecule has 4 atom stereocenters. The van der Waals surface area contributed by atoms with E-state index in [0.717, 1.165) is 17.0 Å². The summed E-state index contributed by atoms with van der Waals surface area (Å²) >= 11 is 6.34. The predicted molar refractivity (Wildman–Crippen MR) is 132 cm³/mol. The Hall–Kier alpha value is -2.82. The molecule has 37 heavy (non-hydrogen) atoms. The molecule has 5 heterocycles. The molecule has 2 bridgehead atoms. The van der Waals surface area contributed by atoms with Crippen LogP contribution in [0.15, 0.2) is 18.2 Å². The maximum Gasteiger partial charge on any atom is 0.258 e. The number of piperidine rings is 1. The van der Waals surface area contributed by atoms with Crippen LogP contribution >= 0.6 is 11.6 Å². The minimum atomic E-state index is -0.989. The Morgan fingerprint density at radius 2 is 2.05 bits per heavy atom. The number of halogens is 3. The average Bonchev–Trinajstić information content (AvgIpc) is 3.47. The lowest BCUT2D eigenvalue weighted by molar-refractivity contribution is 0.0284. The third kappa shape index (κ3) is 4.06. The van der Waals surface area contributed by atoms with Gasteiger partial charge in [-0.2, -0.15) is 5.10 Å². The summed E-state index contributed by atoms with van der Waals surface area (Å²) < 4.78 is 36.7. The molecule has 11 heteroatoms. The van der Waals surface area contributed by atoms with E-state index in [-0.39, 0.29) is 48.6 Å². The van der Waals surface area contributed by atoms with Gasteiger partial charge in [-0.05, 0) is 32.4 Å². The first-order valence-corrected chi connectivity index (χ1v) is 12.9. The SMILES string of the molecule is Cc1nc2c3c(nn2c(C)c1Cl)CN(C(=O)c1ccc(F)cc1OC1CC2CC(F)C(C1)N2CCO)C3. The summed E-state index contributed by atoms with van der Waals surface area (Å²) in [6.45, 7) is 4.71. The fourth-order valence-corrected chi connectivity index (χ4v) is 6.27. The molecule has 0 spiro atoms. The molecular formula is C26H28ClF2N5O3. The Bertz CT molecular complexity index is 1400. The average molecular weight is 532 g/mol. The second-order valence-electron chi connectivity index (χ2n) is 10.2. The topological polar surface area (TPSA) is 83.2 Å². The summed E-state index contributed by atoms with van der Waals surface area (Å²) in [7, 11) is 0. The van der Waals surface area contributed by atoms with Crippen LogP contribution in [0.1, 0.15) is 52.3 Å². The van der Waals surface area contributed by atoms with Crippen molar-refractivity contribution in [3.8, 4) is 5.75 Å². The Balaban J connectivity index is 1.23. The van der Waals surface area contributed by atoms with Crippen LogP contribution < -0.4 is 4.74 Å². The molecule has 0 saturated carbocycles. The van der Waals surface area contributed by atoms with Gasteiger partial charge in [-0.1, -0.05) is 11.6 Å². The highest BCUT2D eigenvalue weighted by Crippen LogP contribution is 2.39. The number of benzene rings is 1. The molecule has 196 valence electrons. The molecule has 4 unspecified atom stereocenters. The van der Waals surface area contributed by atoms with Gasteiger partial charge in [-0.15, -0.1) is 0 Å². The molecule has 8 nitrogen and oxygen atoms in total. The molecule has 3 aromatic rings. The van der Waals surface area contributed by atoms with Crippen molar-refractivity contribution in [1.29, 1.82) is 0 Å². The zero-order chi connectivity index (χ0) is 26.0. The molecule has 2 aromatic heterocycles. The molecule has 0 radical (unpaired) electrons. The lowest BCUT2D eigenvalue weighted by atomic mass is 9.99. The first-order valence-electron chi connectivity index (χ1n) is 12.5. The number of carbonyl (C=O) groups excluding carboxylic acids is 1. The van der Waals surface area contributed by atoms with Crippen LogP contribution in [0.5, 0.6) is 5.75 Å². The van der Waals surface area contributed by atoms with E-state index in [2.05, 4.69) is 10.1 Å². The largest absolute Gasteiger partial charge is 0.489 e. The van der Waals surface area contributed by atoms with Gasteiger partial charge in [-0.3, -0.25) is 9.69 Å². The van der Waals surface area contributed by atoms with Crippen molar-refractivity contribution in [2.24, 2.45) is 0 Å². The van der Waals surface area contributed by atoms with Crippen molar-refractivity contribution in [1.82, 2.24) is 24.4 Å². The molecule has 1 aromatic carbocycles. The number of hydrogen-bond donors (Lipinski definition) is 1. The van der Waals surface area contributed by atoms with Crippen molar-refractivity contribution < 1.29 is 23.4 Å². The van der Waals surface area contributed by atoms with Gasteiger partial charge >= 0.3 is 0 Å². The maximum atomic E-state index is 14.6. The van der Waals surface area contributed by atoms with Gasteiger partial charge in [0, 0.05) is 43.1 Å². The number of alkyl halides is 1. The van der Waals surface area contributed by atoms with E-state index in [0.29, 0.717) is 48.7 Å².